The Balaban J connectivity index is 4.87. The van der Waals surface area contributed by atoms with Crippen molar-refractivity contribution in [3.05, 3.63) is 0 Å². The van der Waals surface area contributed by atoms with Crippen LogP contribution in [0.15, 0.2) is 0 Å². The van der Waals surface area contributed by atoms with Crippen LogP contribution in [0.4, 0.5) is 0 Å². The first-order chi connectivity index (χ1) is 9.42. The number of carbonyl (C=O) groups is 2. The molecule has 1 N–H and O–H groups in total. The number of aliphatic hydroxyl groups excluding tert-OH is 1. The van der Waals surface area contributed by atoms with Crippen molar-refractivity contribution in [3.8, 4) is 0 Å². The summed E-state index contributed by atoms with van der Waals surface area (Å²) in [7, 11) is 0. The highest BCUT2D eigenvalue weighted by atomic mass is 32.9. The van der Waals surface area contributed by atoms with Gasteiger partial charge in [-0.05, 0) is 20.8 Å². The Morgan fingerprint density at radius 2 is 1.80 bits per heavy atom. The van der Waals surface area contributed by atoms with Crippen LogP contribution in [-0.2, 0) is 35.4 Å². The molecular formula is C11H21O6PS2. The van der Waals surface area contributed by atoms with E-state index in [1.54, 1.807) is 20.8 Å². The summed E-state index contributed by atoms with van der Waals surface area (Å²) in [5.41, 5.74) is -2.61. The molecule has 0 bridgehead atoms. The largest absolute Gasteiger partial charge is 0.466 e. The molecule has 20 heavy (non-hydrogen) atoms. The number of aliphatic hydroxyl groups is 1. The Morgan fingerprint density at radius 1 is 1.20 bits per heavy atom. The fourth-order valence-corrected chi connectivity index (χ4v) is 6.22. The average molecular weight is 344 g/mol. The first-order valence-electron chi connectivity index (χ1n) is 6.27. The summed E-state index contributed by atoms with van der Waals surface area (Å²) in [4.78, 5) is 23.4. The molecule has 2 unspecified atom stereocenters. The van der Waals surface area contributed by atoms with E-state index in [9.17, 15) is 14.7 Å². The maximum Gasteiger partial charge on any atom is 0.320 e. The second-order valence-electron chi connectivity index (χ2n) is 3.53. The number of esters is 2. The van der Waals surface area contributed by atoms with Gasteiger partial charge in [-0.3, -0.25) is 9.59 Å². The molecule has 0 saturated heterocycles. The monoisotopic (exact) mass is 344 g/mol. The lowest BCUT2D eigenvalue weighted by Gasteiger charge is -2.23. The molecule has 0 saturated carbocycles. The minimum atomic E-state index is -2.61. The normalized spacial score (nSPS) is 15.2. The third-order valence-electron chi connectivity index (χ3n) is 1.99. The third kappa shape index (κ3) is 7.59. The smallest absolute Gasteiger partial charge is 0.320 e. The van der Waals surface area contributed by atoms with Gasteiger partial charge in [0.1, 0.15) is 17.1 Å². The highest BCUT2D eigenvalue weighted by Gasteiger charge is 2.31. The van der Waals surface area contributed by atoms with Gasteiger partial charge >= 0.3 is 11.9 Å². The zero-order valence-electron chi connectivity index (χ0n) is 11.9. The number of hydrogen-bond acceptors (Lipinski definition) is 8. The molecule has 0 heterocycles. The lowest BCUT2D eigenvalue weighted by atomic mass is 10.3. The molecule has 0 fully saturated rings. The molecule has 0 radical (unpaired) electrons. The number of rotatable bonds is 10. The SMILES string of the molecule is CCOC(=O)CC(SP(=S)(CO)OCC)C(=O)OCC. The average Bonchev–Trinajstić information content (AvgIpc) is 2.39. The second-order valence-corrected chi connectivity index (χ2v) is 10.9. The first kappa shape index (κ1) is 19.9. The van der Waals surface area contributed by atoms with Crippen LogP contribution in [0.1, 0.15) is 27.2 Å². The number of ether oxygens (including phenoxy) is 2. The molecule has 0 aromatic heterocycles. The summed E-state index contributed by atoms with van der Waals surface area (Å²) >= 11 is 6.24. The summed E-state index contributed by atoms with van der Waals surface area (Å²) in [6.45, 7) is 5.88. The van der Waals surface area contributed by atoms with Crippen LogP contribution in [-0.4, -0.2) is 48.5 Å². The van der Waals surface area contributed by atoms with Gasteiger partial charge in [0.25, 0.3) is 0 Å². The molecule has 0 aromatic rings. The van der Waals surface area contributed by atoms with E-state index >= 15 is 0 Å². The van der Waals surface area contributed by atoms with E-state index in [1.165, 1.54) is 0 Å². The molecular weight excluding hydrogens is 323 g/mol. The van der Waals surface area contributed by atoms with Crippen molar-refractivity contribution in [2.45, 2.75) is 32.4 Å². The summed E-state index contributed by atoms with van der Waals surface area (Å²) < 4.78 is 15.1. The van der Waals surface area contributed by atoms with Crippen molar-refractivity contribution >= 4 is 40.6 Å². The second kappa shape index (κ2) is 10.6. The molecule has 9 heteroatoms. The maximum atomic E-state index is 11.9. The summed E-state index contributed by atoms with van der Waals surface area (Å²) in [6, 6.07) is 0. The molecule has 0 rings (SSSR count). The van der Waals surface area contributed by atoms with Crippen LogP contribution in [0.25, 0.3) is 0 Å². The van der Waals surface area contributed by atoms with Gasteiger partial charge in [-0.25, -0.2) is 0 Å². The molecule has 0 spiro atoms. The van der Waals surface area contributed by atoms with E-state index in [0.717, 1.165) is 11.4 Å². The van der Waals surface area contributed by atoms with E-state index in [1.807, 2.05) is 0 Å². The minimum Gasteiger partial charge on any atom is -0.466 e. The highest BCUT2D eigenvalue weighted by Crippen LogP contribution is 2.61. The summed E-state index contributed by atoms with van der Waals surface area (Å²) in [5, 5.41) is 8.52. The standard InChI is InChI=1S/C11H21O6PS2/c1-4-15-10(13)7-9(11(14)16-5-2)20-18(19,8-12)17-6-3/h9,12H,4-8H2,1-3H3. The maximum absolute atomic E-state index is 11.9. The van der Waals surface area contributed by atoms with Gasteiger partial charge < -0.3 is 19.1 Å². The van der Waals surface area contributed by atoms with Crippen molar-refractivity contribution in [2.24, 2.45) is 0 Å². The quantitative estimate of drug-likeness (QED) is 0.475. The van der Waals surface area contributed by atoms with Crippen molar-refractivity contribution < 1.29 is 28.7 Å². The van der Waals surface area contributed by atoms with Crippen LogP contribution in [0.3, 0.4) is 0 Å². The van der Waals surface area contributed by atoms with Gasteiger partial charge in [0.15, 0.2) is 0 Å². The van der Waals surface area contributed by atoms with Crippen molar-refractivity contribution in [1.82, 2.24) is 0 Å². The fraction of sp³-hybridized carbons (Fsp3) is 0.818. The first-order valence-corrected chi connectivity index (χ1v) is 10.7. The molecule has 0 amide bonds. The molecule has 118 valence electrons. The van der Waals surface area contributed by atoms with E-state index in [4.69, 9.17) is 25.8 Å². The predicted molar refractivity (Wildman–Crippen MR) is 82.3 cm³/mol. The van der Waals surface area contributed by atoms with Crippen LogP contribution in [0, 0.1) is 0 Å². The molecule has 0 aliphatic heterocycles. The van der Waals surface area contributed by atoms with Crippen molar-refractivity contribution in [2.75, 3.05) is 26.2 Å². The Kier molecular flexibility index (Phi) is 10.5. The van der Waals surface area contributed by atoms with E-state index in [2.05, 4.69) is 0 Å². The van der Waals surface area contributed by atoms with E-state index < -0.39 is 22.7 Å². The van der Waals surface area contributed by atoms with Crippen molar-refractivity contribution in [3.63, 3.8) is 0 Å². The zero-order valence-corrected chi connectivity index (χ0v) is 14.4. The third-order valence-corrected chi connectivity index (χ3v) is 7.75. The van der Waals surface area contributed by atoms with Crippen LogP contribution in [0.2, 0.25) is 0 Å². The zero-order chi connectivity index (χ0) is 15.6. The Labute approximate surface area is 128 Å². The van der Waals surface area contributed by atoms with Crippen LogP contribution in [0.5, 0.6) is 0 Å². The summed E-state index contributed by atoms with van der Waals surface area (Å²) in [5.74, 6) is -1.05. The van der Waals surface area contributed by atoms with Gasteiger partial charge in [-0.1, -0.05) is 23.2 Å². The molecule has 2 atom stereocenters. The van der Waals surface area contributed by atoms with Gasteiger partial charge in [-0.2, -0.15) is 0 Å². The highest BCUT2D eigenvalue weighted by molar-refractivity contribution is 8.69. The van der Waals surface area contributed by atoms with E-state index in [-0.39, 0.29) is 26.0 Å². The van der Waals surface area contributed by atoms with Crippen LogP contribution >= 0.6 is 16.8 Å². The molecule has 0 aliphatic rings. The minimum absolute atomic E-state index is 0.150. The molecule has 0 aliphatic carbocycles. The molecule has 0 aromatic carbocycles. The number of carbonyl (C=O) groups excluding carboxylic acids is 2. The lowest BCUT2D eigenvalue weighted by Crippen LogP contribution is -2.24. The fourth-order valence-electron chi connectivity index (χ4n) is 1.27. The van der Waals surface area contributed by atoms with E-state index in [0.29, 0.717) is 6.61 Å². The Bertz CT molecular complexity index is 363. The number of hydrogen-bond donors (Lipinski definition) is 1. The Hall–Kier alpha value is -0.140. The van der Waals surface area contributed by atoms with Gasteiger partial charge in [0, 0.05) is 6.61 Å². The Morgan fingerprint density at radius 3 is 2.25 bits per heavy atom. The predicted octanol–water partition coefficient (Wildman–Crippen LogP) is 1.90. The summed E-state index contributed by atoms with van der Waals surface area (Å²) in [6.07, 6.45) is -0.498. The van der Waals surface area contributed by atoms with Crippen molar-refractivity contribution in [1.29, 1.82) is 0 Å². The lowest BCUT2D eigenvalue weighted by molar-refractivity contribution is -0.149. The van der Waals surface area contributed by atoms with Gasteiger partial charge in [-0.15, -0.1) is 0 Å². The van der Waals surface area contributed by atoms with Gasteiger partial charge in [0.05, 0.1) is 19.6 Å². The molecule has 6 nitrogen and oxygen atoms in total. The van der Waals surface area contributed by atoms with Crippen LogP contribution < -0.4 is 0 Å². The van der Waals surface area contributed by atoms with Gasteiger partial charge in [0.2, 0.25) is 0 Å². The topological polar surface area (TPSA) is 82.1 Å².